The molecule has 2 aromatic rings. The predicted octanol–water partition coefficient (Wildman–Crippen LogP) is 5.22. The predicted molar refractivity (Wildman–Crippen MR) is 102 cm³/mol. The van der Waals surface area contributed by atoms with Gasteiger partial charge in [-0.3, -0.25) is 9.59 Å². The number of thioether (sulfide) groups is 1. The molecule has 0 unspecified atom stereocenters. The molecule has 2 rings (SSSR count). The molecule has 0 heterocycles. The number of hydrogen-bond donors (Lipinski definition) is 2. The number of rotatable bonds is 5. The SMILES string of the molecule is CC(=O)Nc1cccc(NC(=O)/C=C/c2ccc(SC(F)(F)F)cc2)c1C. The average molecular weight is 394 g/mol. The molecule has 0 saturated heterocycles. The van der Waals surface area contributed by atoms with Crippen LogP contribution in [0.2, 0.25) is 0 Å². The van der Waals surface area contributed by atoms with Crippen LogP contribution in [0.3, 0.4) is 0 Å². The van der Waals surface area contributed by atoms with Crippen molar-refractivity contribution < 1.29 is 22.8 Å². The Kier molecular flexibility index (Phi) is 6.68. The summed E-state index contributed by atoms with van der Waals surface area (Å²) in [6.45, 7) is 3.16. The van der Waals surface area contributed by atoms with Crippen LogP contribution in [0.4, 0.5) is 24.5 Å². The van der Waals surface area contributed by atoms with Crippen molar-refractivity contribution in [1.29, 1.82) is 0 Å². The first-order valence-electron chi connectivity index (χ1n) is 7.86. The van der Waals surface area contributed by atoms with Crippen molar-refractivity contribution in [2.75, 3.05) is 10.6 Å². The van der Waals surface area contributed by atoms with Crippen molar-refractivity contribution >= 4 is 41.0 Å². The van der Waals surface area contributed by atoms with Crippen LogP contribution in [0.15, 0.2) is 53.4 Å². The molecule has 142 valence electrons. The monoisotopic (exact) mass is 394 g/mol. The number of hydrogen-bond acceptors (Lipinski definition) is 3. The van der Waals surface area contributed by atoms with Crippen LogP contribution in [0.5, 0.6) is 0 Å². The van der Waals surface area contributed by atoms with E-state index in [2.05, 4.69) is 10.6 Å². The highest BCUT2D eigenvalue weighted by Gasteiger charge is 2.28. The number of carbonyl (C=O) groups excluding carboxylic acids is 2. The summed E-state index contributed by atoms with van der Waals surface area (Å²) in [5.41, 5.74) is -1.88. The van der Waals surface area contributed by atoms with E-state index in [4.69, 9.17) is 0 Å². The number of anilines is 2. The Morgan fingerprint density at radius 3 is 2.15 bits per heavy atom. The summed E-state index contributed by atoms with van der Waals surface area (Å²) in [4.78, 5) is 23.4. The van der Waals surface area contributed by atoms with Gasteiger partial charge in [0.05, 0.1) is 0 Å². The average Bonchev–Trinajstić information content (AvgIpc) is 2.56. The van der Waals surface area contributed by atoms with E-state index < -0.39 is 11.4 Å². The molecule has 0 aliphatic rings. The fourth-order valence-electron chi connectivity index (χ4n) is 2.22. The molecular weight excluding hydrogens is 377 g/mol. The first-order chi connectivity index (χ1) is 12.6. The van der Waals surface area contributed by atoms with Gasteiger partial charge in [-0.2, -0.15) is 13.2 Å². The molecule has 0 atom stereocenters. The molecule has 0 bridgehead atoms. The van der Waals surface area contributed by atoms with Gasteiger partial charge >= 0.3 is 5.51 Å². The maximum Gasteiger partial charge on any atom is 0.446 e. The largest absolute Gasteiger partial charge is 0.446 e. The van der Waals surface area contributed by atoms with E-state index in [0.717, 1.165) is 0 Å². The molecule has 0 aliphatic heterocycles. The third-order valence-electron chi connectivity index (χ3n) is 3.44. The summed E-state index contributed by atoms with van der Waals surface area (Å²) < 4.78 is 36.9. The van der Waals surface area contributed by atoms with Crippen LogP contribution < -0.4 is 10.6 Å². The van der Waals surface area contributed by atoms with Gasteiger partial charge in [0.2, 0.25) is 11.8 Å². The van der Waals surface area contributed by atoms with Gasteiger partial charge in [-0.1, -0.05) is 18.2 Å². The van der Waals surface area contributed by atoms with Gasteiger partial charge in [0.1, 0.15) is 0 Å². The Labute approximate surface area is 158 Å². The lowest BCUT2D eigenvalue weighted by atomic mass is 10.1. The smallest absolute Gasteiger partial charge is 0.326 e. The summed E-state index contributed by atoms with van der Waals surface area (Å²) >= 11 is -0.191. The second-order valence-corrected chi connectivity index (χ2v) is 6.74. The highest BCUT2D eigenvalue weighted by atomic mass is 32.2. The zero-order valence-electron chi connectivity index (χ0n) is 14.6. The molecule has 0 saturated carbocycles. The van der Waals surface area contributed by atoms with Crippen LogP contribution in [0, 0.1) is 6.92 Å². The van der Waals surface area contributed by atoms with Gasteiger partial charge in [0, 0.05) is 29.3 Å². The maximum absolute atomic E-state index is 12.3. The first-order valence-corrected chi connectivity index (χ1v) is 8.68. The maximum atomic E-state index is 12.3. The zero-order chi connectivity index (χ0) is 20.0. The minimum absolute atomic E-state index is 0.0783. The minimum Gasteiger partial charge on any atom is -0.326 e. The van der Waals surface area contributed by atoms with E-state index in [9.17, 15) is 22.8 Å². The van der Waals surface area contributed by atoms with Crippen molar-refractivity contribution in [1.82, 2.24) is 0 Å². The van der Waals surface area contributed by atoms with Crippen LogP contribution in [0.25, 0.3) is 6.08 Å². The molecule has 27 heavy (non-hydrogen) atoms. The lowest BCUT2D eigenvalue weighted by Crippen LogP contribution is -2.12. The molecule has 0 aliphatic carbocycles. The minimum atomic E-state index is -4.33. The van der Waals surface area contributed by atoms with Gasteiger partial charge in [0.25, 0.3) is 0 Å². The Balaban J connectivity index is 2.02. The van der Waals surface area contributed by atoms with E-state index in [1.807, 2.05) is 0 Å². The van der Waals surface area contributed by atoms with E-state index >= 15 is 0 Å². The Bertz CT molecular complexity index is 862. The molecule has 0 aromatic heterocycles. The molecule has 0 spiro atoms. The van der Waals surface area contributed by atoms with Crippen molar-refractivity contribution in [3.63, 3.8) is 0 Å². The Morgan fingerprint density at radius 1 is 1.00 bits per heavy atom. The normalized spacial score (nSPS) is 11.4. The second kappa shape index (κ2) is 8.77. The van der Waals surface area contributed by atoms with Gasteiger partial charge in [-0.05, 0) is 60.2 Å². The van der Waals surface area contributed by atoms with E-state index in [1.54, 1.807) is 25.1 Å². The number of halogens is 3. The molecule has 2 N–H and O–H groups in total. The number of benzene rings is 2. The standard InChI is InChI=1S/C19H17F3N2O2S/c1-12-16(23-13(2)25)4-3-5-17(12)24-18(26)11-8-14-6-9-15(10-7-14)27-19(20,21)22/h3-11H,1-2H3,(H,23,25)(H,24,26)/b11-8+. The summed E-state index contributed by atoms with van der Waals surface area (Å²) in [7, 11) is 0. The third kappa shape index (κ3) is 6.82. The molecule has 2 aromatic carbocycles. The number of alkyl halides is 3. The summed E-state index contributed by atoms with van der Waals surface area (Å²) in [5, 5.41) is 5.38. The van der Waals surface area contributed by atoms with Crippen molar-refractivity contribution in [3.05, 3.63) is 59.7 Å². The molecular formula is C19H17F3N2O2S. The number of carbonyl (C=O) groups is 2. The molecule has 4 nitrogen and oxygen atoms in total. The van der Waals surface area contributed by atoms with Crippen molar-refractivity contribution in [3.8, 4) is 0 Å². The summed E-state index contributed by atoms with van der Waals surface area (Å²) in [6.07, 6.45) is 2.79. The molecule has 8 heteroatoms. The summed E-state index contributed by atoms with van der Waals surface area (Å²) in [6, 6.07) is 10.8. The molecule has 0 radical (unpaired) electrons. The molecule has 0 fully saturated rings. The third-order valence-corrected chi connectivity index (χ3v) is 4.18. The van der Waals surface area contributed by atoms with Crippen LogP contribution >= 0.6 is 11.8 Å². The fraction of sp³-hybridized carbons (Fsp3) is 0.158. The van der Waals surface area contributed by atoms with Crippen LogP contribution in [-0.2, 0) is 9.59 Å². The summed E-state index contributed by atoms with van der Waals surface area (Å²) in [5.74, 6) is -0.611. The van der Waals surface area contributed by atoms with E-state index in [1.165, 1.54) is 43.3 Å². The lowest BCUT2D eigenvalue weighted by Gasteiger charge is -2.11. The van der Waals surface area contributed by atoms with Crippen molar-refractivity contribution in [2.24, 2.45) is 0 Å². The van der Waals surface area contributed by atoms with Crippen LogP contribution in [-0.4, -0.2) is 17.3 Å². The topological polar surface area (TPSA) is 58.2 Å². The Hall–Kier alpha value is -2.74. The van der Waals surface area contributed by atoms with E-state index in [-0.39, 0.29) is 22.6 Å². The van der Waals surface area contributed by atoms with Gasteiger partial charge in [0.15, 0.2) is 0 Å². The van der Waals surface area contributed by atoms with Gasteiger partial charge in [-0.15, -0.1) is 0 Å². The van der Waals surface area contributed by atoms with Crippen LogP contribution in [0.1, 0.15) is 18.1 Å². The number of amides is 2. The Morgan fingerprint density at radius 2 is 1.59 bits per heavy atom. The van der Waals surface area contributed by atoms with Gasteiger partial charge < -0.3 is 10.6 Å². The zero-order valence-corrected chi connectivity index (χ0v) is 15.4. The molecule has 2 amide bonds. The quantitative estimate of drug-likeness (QED) is 0.540. The number of nitrogens with one attached hydrogen (secondary N) is 2. The lowest BCUT2D eigenvalue weighted by molar-refractivity contribution is -0.114. The fourth-order valence-corrected chi connectivity index (χ4v) is 2.76. The first kappa shape index (κ1) is 20.6. The highest BCUT2D eigenvalue weighted by Crippen LogP contribution is 2.36. The second-order valence-electron chi connectivity index (χ2n) is 5.60. The van der Waals surface area contributed by atoms with E-state index in [0.29, 0.717) is 22.5 Å². The van der Waals surface area contributed by atoms with Crippen molar-refractivity contribution in [2.45, 2.75) is 24.3 Å². The van der Waals surface area contributed by atoms with Gasteiger partial charge in [-0.25, -0.2) is 0 Å². The highest BCUT2D eigenvalue weighted by molar-refractivity contribution is 8.00.